The van der Waals surface area contributed by atoms with E-state index in [1.54, 1.807) is 43.5 Å². The third kappa shape index (κ3) is 6.80. The van der Waals surface area contributed by atoms with Crippen LogP contribution in [0.3, 0.4) is 0 Å². The lowest BCUT2D eigenvalue weighted by molar-refractivity contribution is 0.0946. The van der Waals surface area contributed by atoms with Gasteiger partial charge in [-0.15, -0.1) is 0 Å². The van der Waals surface area contributed by atoms with Gasteiger partial charge in [0.15, 0.2) is 5.11 Å². The van der Waals surface area contributed by atoms with Crippen molar-refractivity contribution >= 4 is 34.8 Å². The second-order valence-corrected chi connectivity index (χ2v) is 6.37. The second kappa shape index (κ2) is 10.4. The Kier molecular flexibility index (Phi) is 7.91. The molecule has 0 fully saturated rings. The molecule has 0 unspecified atom stereocenters. The molecule has 7 heteroatoms. The first-order valence-electron chi connectivity index (χ1n) is 8.56. The molecule has 0 aliphatic rings. The topological polar surface area (TPSA) is 79.5 Å². The van der Waals surface area contributed by atoms with Crippen LogP contribution in [0.1, 0.15) is 32.7 Å². The number of amides is 2. The van der Waals surface area contributed by atoms with E-state index in [1.807, 2.05) is 19.1 Å². The SMILES string of the molecule is COCCCNC(=O)c1ccc(NC(=S)NC(=O)c2cccc(C)c2)cc1. The normalized spacial score (nSPS) is 10.1. The molecule has 0 atom stereocenters. The van der Waals surface area contributed by atoms with Gasteiger partial charge < -0.3 is 15.4 Å². The van der Waals surface area contributed by atoms with Crippen molar-refractivity contribution in [2.24, 2.45) is 0 Å². The van der Waals surface area contributed by atoms with Gasteiger partial charge in [0.25, 0.3) is 11.8 Å². The highest BCUT2D eigenvalue weighted by Gasteiger charge is 2.09. The highest BCUT2D eigenvalue weighted by atomic mass is 32.1. The average molecular weight is 385 g/mol. The maximum Gasteiger partial charge on any atom is 0.257 e. The number of anilines is 1. The van der Waals surface area contributed by atoms with Crippen molar-refractivity contribution in [3.05, 3.63) is 65.2 Å². The molecule has 0 aliphatic heterocycles. The van der Waals surface area contributed by atoms with E-state index in [-0.39, 0.29) is 16.9 Å². The van der Waals surface area contributed by atoms with Crippen LogP contribution in [-0.2, 0) is 4.74 Å². The van der Waals surface area contributed by atoms with Crippen LogP contribution in [0.4, 0.5) is 5.69 Å². The molecular weight excluding hydrogens is 362 g/mol. The average Bonchev–Trinajstić information content (AvgIpc) is 2.65. The molecule has 2 aromatic carbocycles. The number of aryl methyl sites for hydroxylation is 1. The van der Waals surface area contributed by atoms with E-state index in [1.165, 1.54) is 0 Å². The molecule has 0 aliphatic carbocycles. The van der Waals surface area contributed by atoms with E-state index in [2.05, 4.69) is 16.0 Å². The Morgan fingerprint density at radius 2 is 1.78 bits per heavy atom. The zero-order chi connectivity index (χ0) is 19.6. The van der Waals surface area contributed by atoms with Crippen LogP contribution in [0.2, 0.25) is 0 Å². The highest BCUT2D eigenvalue weighted by molar-refractivity contribution is 7.80. The number of benzene rings is 2. The number of methoxy groups -OCH3 is 1. The maximum atomic E-state index is 12.2. The molecule has 3 N–H and O–H groups in total. The van der Waals surface area contributed by atoms with Crippen molar-refractivity contribution < 1.29 is 14.3 Å². The summed E-state index contributed by atoms with van der Waals surface area (Å²) in [4.78, 5) is 24.2. The molecular formula is C20H23N3O3S. The lowest BCUT2D eigenvalue weighted by Crippen LogP contribution is -2.34. The molecule has 0 spiro atoms. The number of carbonyl (C=O) groups excluding carboxylic acids is 2. The van der Waals surface area contributed by atoms with Gasteiger partial charge in [-0.25, -0.2) is 0 Å². The summed E-state index contributed by atoms with van der Waals surface area (Å²) in [5.41, 5.74) is 2.77. The van der Waals surface area contributed by atoms with Gasteiger partial charge >= 0.3 is 0 Å². The van der Waals surface area contributed by atoms with Crippen LogP contribution < -0.4 is 16.0 Å². The number of thiocarbonyl (C=S) groups is 1. The minimum absolute atomic E-state index is 0.145. The summed E-state index contributed by atoms with van der Waals surface area (Å²) in [6.07, 6.45) is 0.761. The summed E-state index contributed by atoms with van der Waals surface area (Å²) in [6.45, 7) is 3.08. The van der Waals surface area contributed by atoms with E-state index in [4.69, 9.17) is 17.0 Å². The number of ether oxygens (including phenoxy) is 1. The summed E-state index contributed by atoms with van der Waals surface area (Å²) in [6, 6.07) is 14.1. The lowest BCUT2D eigenvalue weighted by Gasteiger charge is -2.11. The molecule has 2 rings (SSSR count). The lowest BCUT2D eigenvalue weighted by atomic mass is 10.1. The Hall–Kier alpha value is -2.77. The molecule has 6 nitrogen and oxygen atoms in total. The smallest absolute Gasteiger partial charge is 0.257 e. The van der Waals surface area contributed by atoms with Gasteiger partial charge in [-0.2, -0.15) is 0 Å². The molecule has 27 heavy (non-hydrogen) atoms. The summed E-state index contributed by atoms with van der Waals surface area (Å²) < 4.78 is 4.94. The van der Waals surface area contributed by atoms with E-state index >= 15 is 0 Å². The van der Waals surface area contributed by atoms with Gasteiger partial charge in [-0.05, 0) is 62.0 Å². The van der Waals surface area contributed by atoms with Crippen molar-refractivity contribution in [2.75, 3.05) is 25.6 Å². The molecule has 0 heterocycles. The first-order valence-corrected chi connectivity index (χ1v) is 8.96. The number of carbonyl (C=O) groups is 2. The Balaban J connectivity index is 1.85. The van der Waals surface area contributed by atoms with Crippen LogP contribution in [0.25, 0.3) is 0 Å². The Labute approximate surface area is 164 Å². The van der Waals surface area contributed by atoms with E-state index in [9.17, 15) is 9.59 Å². The van der Waals surface area contributed by atoms with Crippen molar-refractivity contribution in [3.8, 4) is 0 Å². The quantitative estimate of drug-likeness (QED) is 0.505. The van der Waals surface area contributed by atoms with Crippen LogP contribution >= 0.6 is 12.2 Å². The van der Waals surface area contributed by atoms with Crippen molar-refractivity contribution in [1.29, 1.82) is 0 Å². The van der Waals surface area contributed by atoms with E-state index < -0.39 is 0 Å². The van der Waals surface area contributed by atoms with Gasteiger partial charge in [0.1, 0.15) is 0 Å². The minimum atomic E-state index is -0.275. The molecule has 2 aromatic rings. The van der Waals surface area contributed by atoms with E-state index in [0.29, 0.717) is 30.0 Å². The summed E-state index contributed by atoms with van der Waals surface area (Å²) in [5, 5.41) is 8.59. The Morgan fingerprint density at radius 1 is 1.04 bits per heavy atom. The molecule has 2 amide bonds. The third-order valence-electron chi connectivity index (χ3n) is 3.72. The predicted octanol–water partition coefficient (Wildman–Crippen LogP) is 2.89. The predicted molar refractivity (Wildman–Crippen MR) is 110 cm³/mol. The first kappa shape index (κ1) is 20.5. The molecule has 142 valence electrons. The first-order chi connectivity index (χ1) is 13.0. The fourth-order valence-corrected chi connectivity index (χ4v) is 2.56. The largest absolute Gasteiger partial charge is 0.385 e. The maximum absolute atomic E-state index is 12.2. The molecule has 0 aromatic heterocycles. The number of rotatable bonds is 7. The Morgan fingerprint density at radius 3 is 2.44 bits per heavy atom. The van der Waals surface area contributed by atoms with Gasteiger partial charge in [0, 0.05) is 37.1 Å². The second-order valence-electron chi connectivity index (χ2n) is 5.96. The number of hydrogen-bond acceptors (Lipinski definition) is 4. The third-order valence-corrected chi connectivity index (χ3v) is 3.93. The standard InChI is InChI=1S/C20H23N3O3S/c1-14-5-3-6-16(13-14)19(25)23-20(27)22-17-9-7-15(8-10-17)18(24)21-11-4-12-26-2/h3,5-10,13H,4,11-12H2,1-2H3,(H,21,24)(H2,22,23,25,27). The van der Waals surface area contributed by atoms with Gasteiger partial charge in [0.05, 0.1) is 0 Å². The van der Waals surface area contributed by atoms with Crippen molar-refractivity contribution in [1.82, 2.24) is 10.6 Å². The van der Waals surface area contributed by atoms with Gasteiger partial charge in [-0.1, -0.05) is 17.7 Å². The fourth-order valence-electron chi connectivity index (χ4n) is 2.35. The monoisotopic (exact) mass is 385 g/mol. The molecule has 0 saturated carbocycles. The zero-order valence-electron chi connectivity index (χ0n) is 15.4. The van der Waals surface area contributed by atoms with Crippen molar-refractivity contribution in [3.63, 3.8) is 0 Å². The van der Waals surface area contributed by atoms with Crippen LogP contribution in [0.15, 0.2) is 48.5 Å². The van der Waals surface area contributed by atoms with Crippen molar-refractivity contribution in [2.45, 2.75) is 13.3 Å². The van der Waals surface area contributed by atoms with Crippen LogP contribution in [0, 0.1) is 6.92 Å². The summed E-state index contributed by atoms with van der Waals surface area (Å²) in [7, 11) is 1.63. The van der Waals surface area contributed by atoms with Crippen LogP contribution in [0.5, 0.6) is 0 Å². The van der Waals surface area contributed by atoms with Crippen LogP contribution in [-0.4, -0.2) is 37.2 Å². The molecule has 0 radical (unpaired) electrons. The summed E-state index contributed by atoms with van der Waals surface area (Å²) in [5.74, 6) is -0.420. The van der Waals surface area contributed by atoms with Gasteiger partial charge in [0.2, 0.25) is 0 Å². The molecule has 0 bridgehead atoms. The number of nitrogens with one attached hydrogen (secondary N) is 3. The minimum Gasteiger partial charge on any atom is -0.385 e. The Bertz CT molecular complexity index is 806. The van der Waals surface area contributed by atoms with E-state index in [0.717, 1.165) is 12.0 Å². The van der Waals surface area contributed by atoms with Gasteiger partial charge in [-0.3, -0.25) is 14.9 Å². The highest BCUT2D eigenvalue weighted by Crippen LogP contribution is 2.10. The zero-order valence-corrected chi connectivity index (χ0v) is 16.2. The fraction of sp³-hybridized carbons (Fsp3) is 0.250. The molecule has 0 saturated heterocycles. The number of hydrogen-bond donors (Lipinski definition) is 3. The summed E-state index contributed by atoms with van der Waals surface area (Å²) >= 11 is 5.18.